The smallest absolute Gasteiger partial charge is 0.234 e. The van der Waals surface area contributed by atoms with Crippen LogP contribution in [0.1, 0.15) is 35.4 Å². The maximum Gasteiger partial charge on any atom is 0.234 e. The van der Waals surface area contributed by atoms with Crippen molar-refractivity contribution in [2.24, 2.45) is 29.6 Å². The van der Waals surface area contributed by atoms with Crippen LogP contribution in [0.4, 0.5) is 0 Å². The largest absolute Gasteiger partial charge is 0.508 e. The second kappa shape index (κ2) is 10.2. The highest BCUT2D eigenvalue weighted by molar-refractivity contribution is 6.30. The third kappa shape index (κ3) is 4.18. The molecule has 4 amide bonds. The molecule has 7 rings (SSSR count). The molecule has 3 fully saturated rings. The zero-order valence-corrected chi connectivity index (χ0v) is 23.5. The number of benzene rings is 3. The number of rotatable bonds is 5. The summed E-state index contributed by atoms with van der Waals surface area (Å²) in [4.78, 5) is 58.2. The molecule has 1 saturated carbocycles. The van der Waals surface area contributed by atoms with Gasteiger partial charge in [0, 0.05) is 16.5 Å². The van der Waals surface area contributed by atoms with Crippen LogP contribution in [-0.2, 0) is 32.3 Å². The lowest BCUT2D eigenvalue weighted by atomic mass is 9.57. The van der Waals surface area contributed by atoms with Gasteiger partial charge in [0.05, 0.1) is 36.8 Å². The topological polar surface area (TPSA) is 95.0 Å². The summed E-state index contributed by atoms with van der Waals surface area (Å²) in [5.74, 6) is -4.66. The van der Waals surface area contributed by atoms with Crippen LogP contribution in [0.2, 0.25) is 5.02 Å². The first-order chi connectivity index (χ1) is 20.3. The Hall–Kier alpha value is -4.23. The fourth-order valence-electron chi connectivity index (χ4n) is 7.69. The summed E-state index contributed by atoms with van der Waals surface area (Å²) in [7, 11) is 0. The van der Waals surface area contributed by atoms with E-state index in [0.717, 1.165) is 16.7 Å². The molecule has 0 radical (unpaired) electrons. The molecule has 6 atom stereocenters. The molecular formula is C34H29ClN2O5. The first-order valence-electron chi connectivity index (χ1n) is 14.3. The van der Waals surface area contributed by atoms with E-state index in [2.05, 4.69) is 0 Å². The molecule has 3 aromatic rings. The van der Waals surface area contributed by atoms with E-state index < -0.39 is 35.5 Å². The van der Waals surface area contributed by atoms with Crippen molar-refractivity contribution < 1.29 is 24.3 Å². The number of nitrogens with zero attached hydrogens (tertiary/aromatic N) is 2. The second-order valence-electron chi connectivity index (χ2n) is 11.7. The molecule has 6 unspecified atom stereocenters. The Balaban J connectivity index is 1.29. The highest BCUT2D eigenvalue weighted by Gasteiger charge is 2.62. The maximum absolute atomic E-state index is 14.0. The number of aromatic hydroxyl groups is 1. The van der Waals surface area contributed by atoms with Gasteiger partial charge in [-0.15, -0.1) is 0 Å². The summed E-state index contributed by atoms with van der Waals surface area (Å²) in [5, 5.41) is 11.4. The van der Waals surface area contributed by atoms with Crippen molar-refractivity contribution >= 4 is 35.2 Å². The maximum atomic E-state index is 14.0. The van der Waals surface area contributed by atoms with Crippen LogP contribution >= 0.6 is 11.6 Å². The molecule has 42 heavy (non-hydrogen) atoms. The Morgan fingerprint density at radius 1 is 0.690 bits per heavy atom. The van der Waals surface area contributed by atoms with Crippen LogP contribution in [0.15, 0.2) is 90.5 Å². The molecule has 1 N–H and O–H groups in total. The predicted octanol–water partition coefficient (Wildman–Crippen LogP) is 5.08. The van der Waals surface area contributed by atoms with Crippen LogP contribution in [0.3, 0.4) is 0 Å². The van der Waals surface area contributed by atoms with E-state index in [4.69, 9.17) is 11.6 Å². The molecule has 0 aromatic heterocycles. The summed E-state index contributed by atoms with van der Waals surface area (Å²) in [5.41, 5.74) is 3.00. The van der Waals surface area contributed by atoms with Crippen molar-refractivity contribution in [2.45, 2.75) is 31.8 Å². The minimum Gasteiger partial charge on any atom is -0.508 e. The summed E-state index contributed by atoms with van der Waals surface area (Å²) >= 11 is 6.38. The number of halogens is 1. The van der Waals surface area contributed by atoms with Gasteiger partial charge in [-0.2, -0.15) is 0 Å². The van der Waals surface area contributed by atoms with Gasteiger partial charge in [0.15, 0.2) is 0 Å². The predicted molar refractivity (Wildman–Crippen MR) is 155 cm³/mol. The number of hydrogen-bond acceptors (Lipinski definition) is 5. The fraction of sp³-hybridized carbons (Fsp3) is 0.294. The molecule has 7 nitrogen and oxygen atoms in total. The van der Waals surface area contributed by atoms with E-state index in [9.17, 15) is 24.3 Å². The molecule has 2 aliphatic carbocycles. The van der Waals surface area contributed by atoms with Gasteiger partial charge in [-0.05, 0) is 48.1 Å². The number of carbonyl (C=O) groups excluding carboxylic acids is 4. The number of amides is 4. The Kier molecular flexibility index (Phi) is 6.50. The normalized spacial score (nSPS) is 28.5. The lowest BCUT2D eigenvalue weighted by Gasteiger charge is -2.44. The molecular weight excluding hydrogens is 552 g/mol. The minimum atomic E-state index is -0.739. The van der Waals surface area contributed by atoms with Crippen molar-refractivity contribution in [2.75, 3.05) is 0 Å². The summed E-state index contributed by atoms with van der Waals surface area (Å²) in [6.45, 7) is 0.345. The van der Waals surface area contributed by atoms with Crippen molar-refractivity contribution in [3.8, 4) is 5.75 Å². The lowest BCUT2D eigenvalue weighted by molar-refractivity contribution is -0.142. The Labute approximate surface area is 248 Å². The van der Waals surface area contributed by atoms with E-state index in [1.807, 2.05) is 66.7 Å². The van der Waals surface area contributed by atoms with E-state index in [-0.39, 0.29) is 42.5 Å². The number of hydrogen-bond donors (Lipinski definition) is 1. The first-order valence-corrected chi connectivity index (χ1v) is 14.7. The number of phenols is 1. The van der Waals surface area contributed by atoms with E-state index in [1.165, 1.54) is 15.9 Å². The van der Waals surface area contributed by atoms with Crippen molar-refractivity contribution in [1.29, 1.82) is 0 Å². The van der Waals surface area contributed by atoms with Crippen molar-refractivity contribution in [3.63, 3.8) is 0 Å². The number of phenolic OH excluding ortho intramolecular Hbond substituents is 1. The van der Waals surface area contributed by atoms with E-state index in [0.29, 0.717) is 23.4 Å². The number of likely N-dealkylation sites (tertiary alicyclic amines) is 2. The monoisotopic (exact) mass is 580 g/mol. The van der Waals surface area contributed by atoms with Gasteiger partial charge < -0.3 is 5.11 Å². The molecule has 2 heterocycles. The van der Waals surface area contributed by atoms with Gasteiger partial charge in [0.2, 0.25) is 23.6 Å². The SMILES string of the molecule is O=C1C2CC=C3C(CC4C(=O)N(Cc5ccccc5)C(=O)C4C3c3cc(Cl)ccc3O)C2C(=O)N1Cc1ccccc1. The molecule has 4 aliphatic rings. The molecule has 212 valence electrons. The molecule has 2 saturated heterocycles. The highest BCUT2D eigenvalue weighted by atomic mass is 35.5. The van der Waals surface area contributed by atoms with Gasteiger partial charge in [0.25, 0.3) is 0 Å². The number of carbonyl (C=O) groups is 4. The number of fused-ring (bicyclic) bond motifs is 4. The summed E-state index contributed by atoms with van der Waals surface area (Å²) < 4.78 is 0. The van der Waals surface area contributed by atoms with Crippen LogP contribution in [0.25, 0.3) is 0 Å². The van der Waals surface area contributed by atoms with Gasteiger partial charge in [0.1, 0.15) is 5.75 Å². The standard InChI is InChI=1S/C34H29ClN2O5/c35-21-11-14-27(38)25(15-21)28-22-12-13-23-29(33(41)36(31(23)39)17-19-7-3-1-4-8-19)24(22)16-26-30(28)34(42)37(32(26)40)18-20-9-5-2-6-10-20/h1-12,14-15,23-24,26,28-30,38H,13,16-18H2. The molecule has 2 aliphatic heterocycles. The molecule has 0 spiro atoms. The third-order valence-corrected chi connectivity index (χ3v) is 9.76. The summed E-state index contributed by atoms with van der Waals surface area (Å²) in [6, 6.07) is 23.5. The Bertz CT molecular complexity index is 1640. The quantitative estimate of drug-likeness (QED) is 0.335. The van der Waals surface area contributed by atoms with Crippen LogP contribution in [0.5, 0.6) is 5.75 Å². The first kappa shape index (κ1) is 26.7. The second-order valence-corrected chi connectivity index (χ2v) is 12.2. The van der Waals surface area contributed by atoms with Crippen molar-refractivity contribution in [3.05, 3.63) is 112 Å². The van der Waals surface area contributed by atoms with Crippen LogP contribution < -0.4 is 0 Å². The Morgan fingerprint density at radius 3 is 1.88 bits per heavy atom. The van der Waals surface area contributed by atoms with E-state index in [1.54, 1.807) is 12.1 Å². The van der Waals surface area contributed by atoms with Crippen LogP contribution in [-0.4, -0.2) is 38.5 Å². The van der Waals surface area contributed by atoms with Gasteiger partial charge in [-0.25, -0.2) is 0 Å². The van der Waals surface area contributed by atoms with Crippen molar-refractivity contribution in [1.82, 2.24) is 9.80 Å². The van der Waals surface area contributed by atoms with Crippen LogP contribution in [0, 0.1) is 29.6 Å². The fourth-order valence-corrected chi connectivity index (χ4v) is 7.87. The molecule has 8 heteroatoms. The molecule has 3 aromatic carbocycles. The third-order valence-electron chi connectivity index (χ3n) is 9.52. The van der Waals surface area contributed by atoms with Gasteiger partial charge in [-0.3, -0.25) is 29.0 Å². The van der Waals surface area contributed by atoms with Gasteiger partial charge in [-0.1, -0.05) is 83.9 Å². The minimum absolute atomic E-state index is 0.0203. The Morgan fingerprint density at radius 2 is 1.26 bits per heavy atom. The molecule has 0 bridgehead atoms. The average molecular weight is 581 g/mol. The average Bonchev–Trinajstić information content (AvgIpc) is 3.38. The zero-order chi connectivity index (χ0) is 29.1. The number of allylic oxidation sites excluding steroid dienone is 2. The lowest BCUT2D eigenvalue weighted by Crippen LogP contribution is -2.43. The highest BCUT2D eigenvalue weighted by Crippen LogP contribution is 2.59. The summed E-state index contributed by atoms with van der Waals surface area (Å²) in [6.07, 6.45) is 2.63. The van der Waals surface area contributed by atoms with E-state index >= 15 is 0 Å². The number of imide groups is 2. The van der Waals surface area contributed by atoms with Gasteiger partial charge >= 0.3 is 0 Å². The zero-order valence-electron chi connectivity index (χ0n) is 22.7.